The van der Waals surface area contributed by atoms with Crippen molar-refractivity contribution < 1.29 is 49.1 Å². The van der Waals surface area contributed by atoms with Crippen LogP contribution in [0.5, 0.6) is 0 Å². The largest absolute Gasteiger partial charge is 0.430 e. The van der Waals surface area contributed by atoms with Crippen molar-refractivity contribution in [3.05, 3.63) is 77.6 Å². The number of aliphatic hydroxyl groups is 1. The van der Waals surface area contributed by atoms with Gasteiger partial charge >= 0.3 is 12.4 Å². The van der Waals surface area contributed by atoms with Gasteiger partial charge in [0.05, 0.1) is 4.90 Å². The molecule has 0 spiro atoms. The smallest absolute Gasteiger partial charge is 0.369 e. The van der Waals surface area contributed by atoms with E-state index in [2.05, 4.69) is 10.0 Å². The first-order chi connectivity index (χ1) is 17.5. The maximum Gasteiger partial charge on any atom is 0.430 e. The summed E-state index contributed by atoms with van der Waals surface area (Å²) in [4.78, 5) is 11.4. The molecule has 0 saturated carbocycles. The third-order valence-electron chi connectivity index (χ3n) is 5.94. The van der Waals surface area contributed by atoms with Crippen LogP contribution in [0.3, 0.4) is 0 Å². The molecular weight excluding hydrogens is 545 g/mol. The molecule has 0 bridgehead atoms. The molecule has 1 aliphatic rings. The number of sulfonamides is 1. The Morgan fingerprint density at radius 2 is 1.47 bits per heavy atom. The quantitative estimate of drug-likeness (QED) is 0.359. The van der Waals surface area contributed by atoms with E-state index in [-0.39, 0.29) is 40.1 Å². The van der Waals surface area contributed by atoms with Crippen molar-refractivity contribution in [3.8, 4) is 11.1 Å². The number of fused-ring (bicyclic) bond motifs is 1. The number of hydrogen-bond donors (Lipinski definition) is 3. The Labute approximate surface area is 211 Å². The fourth-order valence-electron chi connectivity index (χ4n) is 3.92. The number of amides is 1. The van der Waals surface area contributed by atoms with E-state index in [0.717, 1.165) is 0 Å². The van der Waals surface area contributed by atoms with Crippen LogP contribution in [0.15, 0.2) is 65.6 Å². The van der Waals surface area contributed by atoms with Crippen molar-refractivity contribution in [2.24, 2.45) is 0 Å². The number of carbonyl (C=O) groups excluding carboxylic acids is 1. The van der Waals surface area contributed by atoms with Gasteiger partial charge in [0.2, 0.25) is 5.91 Å². The maximum absolute atomic E-state index is 14.6. The summed E-state index contributed by atoms with van der Waals surface area (Å²) in [5.74, 6) is -1.65. The van der Waals surface area contributed by atoms with Gasteiger partial charge in [0, 0.05) is 28.9 Å². The zero-order chi connectivity index (χ0) is 28.1. The first kappa shape index (κ1) is 27.4. The van der Waals surface area contributed by atoms with Crippen molar-refractivity contribution in [1.82, 2.24) is 0 Å². The summed E-state index contributed by atoms with van der Waals surface area (Å²) in [5, 5.41) is 12.1. The predicted molar refractivity (Wildman–Crippen MR) is 122 cm³/mol. The highest BCUT2D eigenvalue weighted by molar-refractivity contribution is 7.92. The molecule has 0 radical (unpaired) electrons. The van der Waals surface area contributed by atoms with Crippen molar-refractivity contribution >= 4 is 27.3 Å². The number of alkyl halides is 6. The molecule has 3 aromatic carbocycles. The van der Waals surface area contributed by atoms with Crippen LogP contribution in [0.1, 0.15) is 17.5 Å². The average molecular weight is 562 g/mol. The van der Waals surface area contributed by atoms with E-state index in [1.807, 2.05) is 0 Å². The molecule has 0 aromatic heterocycles. The van der Waals surface area contributed by atoms with Gasteiger partial charge in [-0.05, 0) is 53.9 Å². The van der Waals surface area contributed by atoms with E-state index >= 15 is 0 Å². The lowest BCUT2D eigenvalue weighted by Crippen LogP contribution is -2.53. The van der Waals surface area contributed by atoms with Crippen LogP contribution < -0.4 is 10.0 Å². The van der Waals surface area contributed by atoms with Gasteiger partial charge < -0.3 is 10.4 Å². The topological polar surface area (TPSA) is 95.5 Å². The Hall–Kier alpha value is -3.65. The number of rotatable bonds is 5. The zero-order valence-corrected chi connectivity index (χ0v) is 19.7. The molecule has 0 atom stereocenters. The minimum Gasteiger partial charge on any atom is -0.369 e. The first-order valence-electron chi connectivity index (χ1n) is 10.7. The number of carbonyl (C=O) groups is 1. The molecule has 202 valence electrons. The lowest BCUT2D eigenvalue weighted by molar-refractivity contribution is -0.376. The summed E-state index contributed by atoms with van der Waals surface area (Å²) in [6.07, 6.45) is -11.8. The average Bonchev–Trinajstić information content (AvgIpc) is 2.82. The minimum atomic E-state index is -6.16. The summed E-state index contributed by atoms with van der Waals surface area (Å²) in [7, 11) is -4.07. The first-order valence-corrected chi connectivity index (χ1v) is 12.2. The molecule has 3 N–H and O–H groups in total. The molecule has 6 nitrogen and oxygen atoms in total. The molecule has 0 unspecified atom stereocenters. The van der Waals surface area contributed by atoms with Crippen molar-refractivity contribution in [3.63, 3.8) is 0 Å². The molecular formula is C24H17F7N2O4S. The molecule has 1 heterocycles. The van der Waals surface area contributed by atoms with Crippen LogP contribution in [0.4, 0.5) is 42.1 Å². The molecule has 0 saturated heterocycles. The van der Waals surface area contributed by atoms with Crippen molar-refractivity contribution in [1.29, 1.82) is 0 Å². The van der Waals surface area contributed by atoms with Crippen LogP contribution in [0, 0.1) is 5.82 Å². The second-order valence-electron chi connectivity index (χ2n) is 8.45. The normalized spacial score (nSPS) is 14.6. The summed E-state index contributed by atoms with van der Waals surface area (Å²) in [5.41, 5.74) is -6.21. The predicted octanol–water partition coefficient (Wildman–Crippen LogP) is 5.49. The van der Waals surface area contributed by atoms with E-state index in [4.69, 9.17) is 0 Å². The number of benzene rings is 3. The monoisotopic (exact) mass is 562 g/mol. The molecule has 14 heteroatoms. The molecule has 1 amide bonds. The van der Waals surface area contributed by atoms with Gasteiger partial charge in [0.25, 0.3) is 15.6 Å². The minimum absolute atomic E-state index is 0.0177. The highest BCUT2D eigenvalue weighted by Crippen LogP contribution is 2.50. The summed E-state index contributed by atoms with van der Waals surface area (Å²) in [6.45, 7) is 0. The summed E-state index contributed by atoms with van der Waals surface area (Å²) >= 11 is 0. The molecule has 38 heavy (non-hydrogen) atoms. The van der Waals surface area contributed by atoms with E-state index in [1.165, 1.54) is 42.5 Å². The molecule has 0 fully saturated rings. The van der Waals surface area contributed by atoms with Gasteiger partial charge in [-0.1, -0.05) is 24.3 Å². The Kier molecular flexibility index (Phi) is 6.68. The fourth-order valence-corrected chi connectivity index (χ4v) is 5.03. The second kappa shape index (κ2) is 9.27. The third kappa shape index (κ3) is 4.92. The fraction of sp³-hybridized carbons (Fsp3) is 0.208. The van der Waals surface area contributed by atoms with Crippen LogP contribution >= 0.6 is 0 Å². The van der Waals surface area contributed by atoms with Crippen LogP contribution in [-0.2, 0) is 26.8 Å². The molecule has 3 aromatic rings. The van der Waals surface area contributed by atoms with Gasteiger partial charge in [-0.2, -0.15) is 26.3 Å². The van der Waals surface area contributed by atoms with Gasteiger partial charge in [-0.25, -0.2) is 12.8 Å². The van der Waals surface area contributed by atoms with Crippen LogP contribution in [-0.4, -0.2) is 31.8 Å². The van der Waals surface area contributed by atoms with Gasteiger partial charge in [0.15, 0.2) is 0 Å². The SMILES string of the molecule is O=C1CCc2cc(S(=O)(=O)Nc3ccc(-c4ccc(C(O)(C(F)(F)F)C(F)(F)F)cc4F)cc3)ccc2N1. The summed E-state index contributed by atoms with van der Waals surface area (Å²) < 4.78 is 121. The van der Waals surface area contributed by atoms with Gasteiger partial charge in [-0.3, -0.25) is 9.52 Å². The number of nitrogens with one attached hydrogen (secondary N) is 2. The van der Waals surface area contributed by atoms with Gasteiger partial charge in [0.1, 0.15) is 5.82 Å². The number of halogens is 7. The van der Waals surface area contributed by atoms with Crippen molar-refractivity contribution in [2.75, 3.05) is 10.0 Å². The maximum atomic E-state index is 14.6. The summed E-state index contributed by atoms with van der Waals surface area (Å²) in [6, 6.07) is 9.93. The Morgan fingerprint density at radius 3 is 2.05 bits per heavy atom. The lowest BCUT2D eigenvalue weighted by atomic mass is 9.90. The zero-order valence-electron chi connectivity index (χ0n) is 18.9. The highest BCUT2D eigenvalue weighted by Gasteiger charge is 2.71. The van der Waals surface area contributed by atoms with E-state index in [1.54, 1.807) is 0 Å². The van der Waals surface area contributed by atoms with E-state index in [0.29, 0.717) is 29.8 Å². The number of aryl methyl sites for hydroxylation is 1. The molecule has 1 aliphatic heterocycles. The van der Waals surface area contributed by atoms with Gasteiger partial charge in [-0.15, -0.1) is 0 Å². The van der Waals surface area contributed by atoms with Crippen molar-refractivity contribution in [2.45, 2.75) is 35.7 Å². The Balaban J connectivity index is 1.57. The number of hydrogen-bond acceptors (Lipinski definition) is 4. The Morgan fingerprint density at radius 1 is 0.842 bits per heavy atom. The van der Waals surface area contributed by atoms with E-state index in [9.17, 15) is 49.1 Å². The standard InChI is InChI=1S/C24H17F7N2O4S/c25-19-12-15(22(35,23(26,27)28)24(29,30)31)4-8-18(19)13-1-5-16(6-2-13)33-38(36,37)17-7-9-20-14(11-17)3-10-21(34)32-20/h1-2,4-9,11-12,33,35H,3,10H2,(H,32,34). The lowest BCUT2D eigenvalue weighted by Gasteiger charge is -2.32. The third-order valence-corrected chi connectivity index (χ3v) is 7.32. The van der Waals surface area contributed by atoms with Crippen LogP contribution in [0.25, 0.3) is 11.1 Å². The second-order valence-corrected chi connectivity index (χ2v) is 10.1. The molecule has 4 rings (SSSR count). The Bertz CT molecular complexity index is 1490. The highest BCUT2D eigenvalue weighted by atomic mass is 32.2. The van der Waals surface area contributed by atoms with Crippen LogP contribution in [0.2, 0.25) is 0 Å². The van der Waals surface area contributed by atoms with E-state index < -0.39 is 39.4 Å². The number of anilines is 2. The molecule has 0 aliphatic carbocycles.